The predicted octanol–water partition coefficient (Wildman–Crippen LogP) is 3.13. The van der Waals surface area contributed by atoms with E-state index >= 15 is 0 Å². The third kappa shape index (κ3) is 4.36. The standard InChI is InChI=1S/C23H23FN2O4/c1-29-21(27)10-6-16-5-9-20-19(13-16)22(28)25-23(30-20)11-2-12-26(15-23)14-17-3-7-18(24)8-4-17/h3-10,13H,2,11-12,14-15H2,1H3,(H,25,28). The number of hydrogen-bond acceptors (Lipinski definition) is 5. The van der Waals surface area contributed by atoms with Crippen LogP contribution in [0.2, 0.25) is 0 Å². The highest BCUT2D eigenvalue weighted by Gasteiger charge is 2.43. The summed E-state index contributed by atoms with van der Waals surface area (Å²) in [6, 6.07) is 11.7. The Balaban J connectivity index is 1.50. The fourth-order valence-corrected chi connectivity index (χ4v) is 3.94. The van der Waals surface area contributed by atoms with Gasteiger partial charge in [0.2, 0.25) is 0 Å². The zero-order valence-corrected chi connectivity index (χ0v) is 16.7. The lowest BCUT2D eigenvalue weighted by atomic mass is 9.97. The number of amides is 1. The van der Waals surface area contributed by atoms with E-state index in [0.717, 1.165) is 18.5 Å². The van der Waals surface area contributed by atoms with Gasteiger partial charge in [-0.15, -0.1) is 0 Å². The molecule has 0 bridgehead atoms. The molecule has 156 valence electrons. The lowest BCUT2D eigenvalue weighted by Gasteiger charge is -2.45. The number of nitrogens with zero attached hydrogens (tertiary/aromatic N) is 1. The maximum Gasteiger partial charge on any atom is 0.330 e. The summed E-state index contributed by atoms with van der Waals surface area (Å²) < 4.78 is 24.0. The van der Waals surface area contributed by atoms with Gasteiger partial charge in [0.1, 0.15) is 11.6 Å². The Hall–Kier alpha value is -3.19. The molecule has 2 heterocycles. The summed E-state index contributed by atoms with van der Waals surface area (Å²) in [4.78, 5) is 26.3. The van der Waals surface area contributed by atoms with Crippen molar-refractivity contribution in [3.63, 3.8) is 0 Å². The van der Waals surface area contributed by atoms with Crippen molar-refractivity contribution >= 4 is 18.0 Å². The van der Waals surface area contributed by atoms with Gasteiger partial charge in [0, 0.05) is 19.0 Å². The number of carbonyl (C=O) groups is 2. The largest absolute Gasteiger partial charge is 0.466 e. The highest BCUT2D eigenvalue weighted by molar-refractivity contribution is 5.99. The van der Waals surface area contributed by atoms with Gasteiger partial charge in [0.15, 0.2) is 5.72 Å². The normalized spacial score (nSPS) is 21.2. The monoisotopic (exact) mass is 410 g/mol. The molecule has 30 heavy (non-hydrogen) atoms. The second-order valence-corrected chi connectivity index (χ2v) is 7.60. The van der Waals surface area contributed by atoms with E-state index in [4.69, 9.17) is 4.74 Å². The lowest BCUT2D eigenvalue weighted by molar-refractivity contribution is -0.134. The van der Waals surface area contributed by atoms with E-state index in [0.29, 0.717) is 36.4 Å². The molecule has 0 aromatic heterocycles. The van der Waals surface area contributed by atoms with Crippen molar-refractivity contribution in [2.45, 2.75) is 25.1 Å². The number of likely N-dealkylation sites (tertiary alicyclic amines) is 1. The number of rotatable bonds is 4. The molecule has 6 nitrogen and oxygen atoms in total. The molecule has 2 aliphatic rings. The van der Waals surface area contributed by atoms with Crippen molar-refractivity contribution in [3.05, 3.63) is 71.0 Å². The van der Waals surface area contributed by atoms with Crippen LogP contribution in [0.5, 0.6) is 5.75 Å². The summed E-state index contributed by atoms with van der Waals surface area (Å²) >= 11 is 0. The minimum absolute atomic E-state index is 0.201. The van der Waals surface area contributed by atoms with Crippen molar-refractivity contribution < 1.29 is 23.5 Å². The third-order valence-corrected chi connectivity index (χ3v) is 5.36. The molecule has 7 heteroatoms. The van der Waals surface area contributed by atoms with Gasteiger partial charge in [-0.3, -0.25) is 9.69 Å². The molecule has 2 aromatic carbocycles. The second kappa shape index (κ2) is 8.28. The van der Waals surface area contributed by atoms with E-state index in [1.54, 1.807) is 36.4 Å². The van der Waals surface area contributed by atoms with Crippen LogP contribution in [0.3, 0.4) is 0 Å². The van der Waals surface area contributed by atoms with Gasteiger partial charge in [0.05, 0.1) is 19.2 Å². The molecule has 1 spiro atoms. The molecular weight excluding hydrogens is 387 g/mol. The van der Waals surface area contributed by atoms with Gasteiger partial charge < -0.3 is 14.8 Å². The summed E-state index contributed by atoms with van der Waals surface area (Å²) in [5.74, 6) is -0.393. The summed E-state index contributed by atoms with van der Waals surface area (Å²) in [6.45, 7) is 2.08. The Bertz CT molecular complexity index is 989. The topological polar surface area (TPSA) is 67.9 Å². The molecule has 1 atom stereocenters. The molecule has 2 aliphatic heterocycles. The molecule has 1 unspecified atom stereocenters. The number of ether oxygens (including phenoxy) is 2. The van der Waals surface area contributed by atoms with Crippen molar-refractivity contribution in [1.29, 1.82) is 0 Å². The van der Waals surface area contributed by atoms with Crippen LogP contribution in [0.4, 0.5) is 4.39 Å². The first-order chi connectivity index (χ1) is 14.5. The number of carbonyl (C=O) groups excluding carboxylic acids is 2. The van der Waals surface area contributed by atoms with Crippen LogP contribution in [0.1, 0.15) is 34.3 Å². The molecule has 1 amide bonds. The molecule has 0 radical (unpaired) electrons. The molecule has 0 aliphatic carbocycles. The van der Waals surface area contributed by atoms with E-state index in [-0.39, 0.29) is 11.7 Å². The van der Waals surface area contributed by atoms with Crippen molar-refractivity contribution in [1.82, 2.24) is 10.2 Å². The van der Waals surface area contributed by atoms with E-state index in [2.05, 4.69) is 15.0 Å². The number of halogens is 1. The minimum atomic E-state index is -0.786. The Labute approximate surface area is 174 Å². The Morgan fingerprint density at radius 3 is 2.87 bits per heavy atom. The lowest BCUT2D eigenvalue weighted by Crippen LogP contribution is -2.63. The highest BCUT2D eigenvalue weighted by atomic mass is 19.1. The zero-order chi connectivity index (χ0) is 21.1. The quantitative estimate of drug-likeness (QED) is 0.620. The van der Waals surface area contributed by atoms with Gasteiger partial charge in [-0.2, -0.15) is 0 Å². The van der Waals surface area contributed by atoms with Crippen LogP contribution in [0, 0.1) is 5.82 Å². The van der Waals surface area contributed by atoms with Crippen LogP contribution in [0.25, 0.3) is 6.08 Å². The molecule has 1 N–H and O–H groups in total. The maximum absolute atomic E-state index is 13.2. The van der Waals surface area contributed by atoms with Crippen LogP contribution < -0.4 is 10.1 Å². The van der Waals surface area contributed by atoms with Gasteiger partial charge in [0.25, 0.3) is 5.91 Å². The first-order valence-electron chi connectivity index (χ1n) is 9.85. The molecular formula is C23H23FN2O4. The highest BCUT2D eigenvalue weighted by Crippen LogP contribution is 2.34. The number of benzene rings is 2. The Morgan fingerprint density at radius 1 is 1.30 bits per heavy atom. The van der Waals surface area contributed by atoms with Crippen molar-refractivity contribution in [2.24, 2.45) is 0 Å². The fourth-order valence-electron chi connectivity index (χ4n) is 3.94. The van der Waals surface area contributed by atoms with Gasteiger partial charge in [-0.1, -0.05) is 18.2 Å². The van der Waals surface area contributed by atoms with E-state index < -0.39 is 11.7 Å². The number of fused-ring (bicyclic) bond motifs is 1. The van der Waals surface area contributed by atoms with E-state index in [9.17, 15) is 14.0 Å². The summed E-state index contributed by atoms with van der Waals surface area (Å²) in [5.41, 5.74) is 1.36. The molecule has 2 aromatic rings. The fraction of sp³-hybridized carbons (Fsp3) is 0.304. The number of nitrogens with one attached hydrogen (secondary N) is 1. The summed E-state index contributed by atoms with van der Waals surface area (Å²) in [6.07, 6.45) is 4.48. The zero-order valence-electron chi connectivity index (χ0n) is 16.7. The minimum Gasteiger partial charge on any atom is -0.466 e. The van der Waals surface area contributed by atoms with E-state index in [1.165, 1.54) is 25.3 Å². The third-order valence-electron chi connectivity index (χ3n) is 5.36. The van der Waals surface area contributed by atoms with Gasteiger partial charge in [-0.25, -0.2) is 9.18 Å². The predicted molar refractivity (Wildman–Crippen MR) is 109 cm³/mol. The second-order valence-electron chi connectivity index (χ2n) is 7.60. The molecule has 4 rings (SSSR count). The van der Waals surface area contributed by atoms with Gasteiger partial charge in [-0.05, 0) is 54.4 Å². The van der Waals surface area contributed by atoms with E-state index in [1.807, 2.05) is 0 Å². The summed E-state index contributed by atoms with van der Waals surface area (Å²) in [7, 11) is 1.31. The SMILES string of the molecule is COC(=O)C=Cc1ccc2c(c1)C(=O)NC1(CCCN(Cc3ccc(F)cc3)C1)O2. The molecule has 1 saturated heterocycles. The van der Waals surface area contributed by atoms with Crippen LogP contribution in [-0.4, -0.2) is 42.7 Å². The van der Waals surface area contributed by atoms with Crippen molar-refractivity contribution in [2.75, 3.05) is 20.2 Å². The number of methoxy groups -OCH3 is 1. The van der Waals surface area contributed by atoms with Crippen LogP contribution in [0.15, 0.2) is 48.5 Å². The Morgan fingerprint density at radius 2 is 2.10 bits per heavy atom. The number of piperidine rings is 1. The molecule has 0 saturated carbocycles. The van der Waals surface area contributed by atoms with Crippen molar-refractivity contribution in [3.8, 4) is 5.75 Å². The van der Waals surface area contributed by atoms with Crippen LogP contribution >= 0.6 is 0 Å². The first kappa shape index (κ1) is 20.1. The molecule has 1 fully saturated rings. The summed E-state index contributed by atoms with van der Waals surface area (Å²) in [5, 5.41) is 3.04. The van der Waals surface area contributed by atoms with Gasteiger partial charge >= 0.3 is 5.97 Å². The first-order valence-corrected chi connectivity index (χ1v) is 9.85. The average molecular weight is 410 g/mol. The average Bonchev–Trinajstić information content (AvgIpc) is 2.74. The number of esters is 1. The van der Waals surface area contributed by atoms with Crippen LogP contribution in [-0.2, 0) is 16.1 Å². The number of hydrogen-bond donors (Lipinski definition) is 1. The maximum atomic E-state index is 13.2. The Kier molecular flexibility index (Phi) is 5.55. The smallest absolute Gasteiger partial charge is 0.330 e.